The van der Waals surface area contributed by atoms with Gasteiger partial charge in [0.2, 0.25) is 0 Å². The summed E-state index contributed by atoms with van der Waals surface area (Å²) in [6.07, 6.45) is 16.9. The maximum atomic E-state index is 14.2. The Hall–Kier alpha value is -2.86. The molecule has 4 aromatic rings. The predicted molar refractivity (Wildman–Crippen MR) is 249 cm³/mol. The molecular weight excluding hydrogens is 888 g/mol. The van der Waals surface area contributed by atoms with Crippen LogP contribution in [0.2, 0.25) is 0 Å². The second-order valence-corrected chi connectivity index (χ2v) is 15.4. The molecule has 318 valence electrons. The molecule has 0 amide bonds. The maximum Gasteiger partial charge on any atom is 0.290 e. The van der Waals surface area contributed by atoms with Gasteiger partial charge in [-0.3, -0.25) is 14.6 Å². The van der Waals surface area contributed by atoms with Gasteiger partial charge in [-0.2, -0.15) is 0 Å². The van der Waals surface area contributed by atoms with Crippen LogP contribution in [-0.4, -0.2) is 52.7 Å². The van der Waals surface area contributed by atoms with Gasteiger partial charge in [-0.25, -0.2) is 8.78 Å². The van der Waals surface area contributed by atoms with Gasteiger partial charge < -0.3 is 10.2 Å². The molecule has 2 N–H and O–H groups in total. The standard InChI is InChI=1S/C23H28FNO.C23H26FN.CH2O2.CH4.2ClH.HI/c24-21-12-6-5-11-20(21)23(26)15-17-25(18-16-23)22(13-7-2-8-14-22)19-9-3-1-4-10-19;24-22-12-6-5-11-21(22)19-13-17-25(18-14-19)23(15-7-2-8-16-23)20-9-3-1-4-10-20;2-1-3;;;;/h1,3-6,9-12,26H,2,7-8,13-18H2;1,3-6,9-13H,2,7-8,14-18H2;1H,(H,2,3);1H4;3*1H. The van der Waals surface area contributed by atoms with Crippen LogP contribution in [0.15, 0.2) is 115 Å². The summed E-state index contributed by atoms with van der Waals surface area (Å²) < 4.78 is 28.3. The number of aliphatic hydroxyl groups is 1. The fourth-order valence-electron chi connectivity index (χ4n) is 9.78. The lowest BCUT2D eigenvalue weighted by Gasteiger charge is -2.51. The number of likely N-dealkylation sites (tertiary alicyclic amines) is 1. The third-order valence-electron chi connectivity index (χ3n) is 12.6. The molecule has 2 aliphatic carbocycles. The second kappa shape index (κ2) is 24.4. The molecule has 10 heteroatoms. The topological polar surface area (TPSA) is 64.0 Å². The van der Waals surface area contributed by atoms with Crippen molar-refractivity contribution in [1.29, 1.82) is 0 Å². The van der Waals surface area contributed by atoms with Crippen molar-refractivity contribution in [2.24, 2.45) is 0 Å². The minimum atomic E-state index is -1.05. The van der Waals surface area contributed by atoms with E-state index in [4.69, 9.17) is 9.90 Å². The van der Waals surface area contributed by atoms with Crippen molar-refractivity contribution >= 4 is 60.8 Å². The van der Waals surface area contributed by atoms with Gasteiger partial charge in [0.25, 0.3) is 6.47 Å². The Morgan fingerprint density at radius 3 is 1.45 bits per heavy atom. The average molecular weight is 952 g/mol. The van der Waals surface area contributed by atoms with Crippen LogP contribution in [0.1, 0.15) is 113 Å². The molecule has 1 saturated heterocycles. The minimum Gasteiger partial charge on any atom is -0.483 e. The molecule has 0 unspecified atom stereocenters. The molecule has 58 heavy (non-hydrogen) atoms. The van der Waals surface area contributed by atoms with E-state index < -0.39 is 5.60 Å². The van der Waals surface area contributed by atoms with E-state index in [0.29, 0.717) is 18.4 Å². The highest BCUT2D eigenvalue weighted by Crippen LogP contribution is 2.47. The van der Waals surface area contributed by atoms with E-state index in [1.807, 2.05) is 18.2 Å². The number of halogens is 5. The number of rotatable bonds is 6. The van der Waals surface area contributed by atoms with Gasteiger partial charge in [-0.1, -0.05) is 149 Å². The summed E-state index contributed by atoms with van der Waals surface area (Å²) in [6, 6.07) is 35.7. The van der Waals surface area contributed by atoms with E-state index in [-0.39, 0.29) is 85.4 Å². The second-order valence-electron chi connectivity index (χ2n) is 15.4. The first kappa shape index (κ1) is 51.3. The summed E-state index contributed by atoms with van der Waals surface area (Å²) in [6.45, 7) is 3.28. The largest absolute Gasteiger partial charge is 0.483 e. The highest BCUT2D eigenvalue weighted by Gasteiger charge is 2.45. The van der Waals surface area contributed by atoms with Gasteiger partial charge in [0.15, 0.2) is 0 Å². The highest BCUT2D eigenvalue weighted by molar-refractivity contribution is 14.0. The normalized spacial score (nSPS) is 19.5. The Balaban J connectivity index is 0.000000352. The van der Waals surface area contributed by atoms with Gasteiger partial charge >= 0.3 is 0 Å². The molecule has 8 rings (SSSR count). The van der Waals surface area contributed by atoms with E-state index in [1.165, 1.54) is 81.4 Å². The molecule has 5 nitrogen and oxygen atoms in total. The number of carboxylic acid groups (broad SMARTS) is 1. The van der Waals surface area contributed by atoms with Crippen LogP contribution in [0.25, 0.3) is 5.57 Å². The Kier molecular flexibility index (Phi) is 21.6. The number of piperidine rings is 1. The van der Waals surface area contributed by atoms with Crippen molar-refractivity contribution in [3.8, 4) is 0 Å². The molecule has 2 saturated carbocycles. The number of nitrogens with zero attached hydrogens (tertiary/aromatic N) is 2. The lowest BCUT2D eigenvalue weighted by Crippen LogP contribution is -2.53. The van der Waals surface area contributed by atoms with Crippen molar-refractivity contribution in [3.05, 3.63) is 149 Å². The van der Waals surface area contributed by atoms with Gasteiger partial charge in [-0.15, -0.1) is 48.8 Å². The molecule has 4 aromatic carbocycles. The molecule has 0 aromatic heterocycles. The molecule has 0 radical (unpaired) electrons. The number of carbonyl (C=O) groups is 1. The summed E-state index contributed by atoms with van der Waals surface area (Å²) in [5, 5.41) is 18.0. The van der Waals surface area contributed by atoms with E-state index in [1.54, 1.807) is 24.3 Å². The Morgan fingerprint density at radius 2 is 1.00 bits per heavy atom. The summed E-state index contributed by atoms with van der Waals surface area (Å²) in [7, 11) is 0. The monoisotopic (exact) mass is 950 g/mol. The van der Waals surface area contributed by atoms with Crippen molar-refractivity contribution < 1.29 is 23.8 Å². The van der Waals surface area contributed by atoms with Crippen LogP contribution in [0.5, 0.6) is 0 Å². The van der Waals surface area contributed by atoms with E-state index in [2.05, 4.69) is 76.5 Å². The molecule has 3 fully saturated rings. The molecule has 2 heterocycles. The fraction of sp³-hybridized carbons (Fsp3) is 0.438. The van der Waals surface area contributed by atoms with Crippen molar-refractivity contribution in [2.45, 2.75) is 108 Å². The Labute approximate surface area is 375 Å². The quantitative estimate of drug-likeness (QED) is 0.149. The first-order chi connectivity index (χ1) is 26.3. The zero-order valence-electron chi connectivity index (χ0n) is 32.7. The number of hydrogen-bond acceptors (Lipinski definition) is 4. The molecule has 0 atom stereocenters. The van der Waals surface area contributed by atoms with Crippen molar-refractivity contribution in [3.63, 3.8) is 0 Å². The van der Waals surface area contributed by atoms with Crippen molar-refractivity contribution in [1.82, 2.24) is 9.80 Å². The third-order valence-corrected chi connectivity index (χ3v) is 12.6. The molecule has 4 aliphatic rings. The maximum absolute atomic E-state index is 14.2. The first-order valence-electron chi connectivity index (χ1n) is 20.0. The minimum absolute atomic E-state index is 0. The third kappa shape index (κ3) is 11.7. The van der Waals surface area contributed by atoms with Gasteiger partial charge in [0, 0.05) is 48.4 Å². The summed E-state index contributed by atoms with van der Waals surface area (Å²) in [4.78, 5) is 13.6. The summed E-state index contributed by atoms with van der Waals surface area (Å²) >= 11 is 0. The lowest BCUT2D eigenvalue weighted by atomic mass is 9.73. The van der Waals surface area contributed by atoms with Crippen LogP contribution in [-0.2, 0) is 21.5 Å². The Morgan fingerprint density at radius 1 is 0.569 bits per heavy atom. The molecular formula is C48H63Cl2F2IN2O3. The predicted octanol–water partition coefficient (Wildman–Crippen LogP) is 12.5. The zero-order chi connectivity index (χ0) is 37.9. The van der Waals surface area contributed by atoms with Crippen LogP contribution in [0.4, 0.5) is 8.78 Å². The lowest BCUT2D eigenvalue weighted by molar-refractivity contribution is -0.122. The molecule has 2 aliphatic heterocycles. The first-order valence-corrected chi connectivity index (χ1v) is 20.0. The van der Waals surface area contributed by atoms with E-state index in [0.717, 1.165) is 43.7 Å². The van der Waals surface area contributed by atoms with Gasteiger partial charge in [0.05, 0.1) is 5.60 Å². The average Bonchev–Trinajstić information content (AvgIpc) is 3.23. The van der Waals surface area contributed by atoms with E-state index in [9.17, 15) is 13.9 Å². The highest BCUT2D eigenvalue weighted by atomic mass is 127. The summed E-state index contributed by atoms with van der Waals surface area (Å²) in [5.41, 5.74) is 4.44. The van der Waals surface area contributed by atoms with Crippen LogP contribution < -0.4 is 0 Å². The van der Waals surface area contributed by atoms with Crippen LogP contribution in [0.3, 0.4) is 0 Å². The molecule has 0 spiro atoms. The van der Waals surface area contributed by atoms with Crippen LogP contribution >= 0.6 is 48.8 Å². The van der Waals surface area contributed by atoms with Gasteiger partial charge in [0.1, 0.15) is 11.6 Å². The fourth-order valence-corrected chi connectivity index (χ4v) is 9.78. The van der Waals surface area contributed by atoms with Crippen LogP contribution in [0, 0.1) is 11.6 Å². The number of benzene rings is 4. The zero-order valence-corrected chi connectivity index (χ0v) is 36.7. The smallest absolute Gasteiger partial charge is 0.290 e. The van der Waals surface area contributed by atoms with Crippen molar-refractivity contribution in [2.75, 3.05) is 26.2 Å². The summed E-state index contributed by atoms with van der Waals surface area (Å²) in [5.74, 6) is -0.392. The number of hydrogen-bond donors (Lipinski definition) is 2. The van der Waals surface area contributed by atoms with Gasteiger partial charge in [-0.05, 0) is 73.8 Å². The molecule has 0 bridgehead atoms. The Bertz CT molecular complexity index is 1810. The SMILES string of the molecule is C.Cl.Cl.Fc1ccccc1C1=CCN(C2(c3ccccc3)CCCCC2)CC1.I.O=CO.OC1(c2ccccc2F)CCN(C2(c3ccccc3)CCCCC2)CC1. The van der Waals surface area contributed by atoms with E-state index >= 15 is 0 Å².